The fourth-order valence-corrected chi connectivity index (χ4v) is 5.27. The molecule has 2 heterocycles. The fourth-order valence-electron chi connectivity index (χ4n) is 5.08. The van der Waals surface area contributed by atoms with Crippen molar-refractivity contribution in [2.24, 2.45) is 0 Å². The molecule has 28 heavy (non-hydrogen) atoms. The van der Waals surface area contributed by atoms with Gasteiger partial charge in [-0.1, -0.05) is 36.6 Å². The number of hydrogen-bond acceptors (Lipinski definition) is 3. The van der Waals surface area contributed by atoms with Crippen molar-refractivity contribution < 1.29 is 4.74 Å². The second-order valence-electron chi connectivity index (χ2n) is 8.20. The number of nitrogens with one attached hydrogen (secondary N) is 1. The van der Waals surface area contributed by atoms with E-state index in [0.29, 0.717) is 0 Å². The lowest BCUT2D eigenvalue weighted by atomic mass is 9.69. The molecule has 1 spiro atoms. The van der Waals surface area contributed by atoms with Gasteiger partial charge in [-0.25, -0.2) is 0 Å². The largest absolute Gasteiger partial charge is 0.385 e. The second kappa shape index (κ2) is 9.47. The van der Waals surface area contributed by atoms with Crippen molar-refractivity contribution in [1.29, 1.82) is 0 Å². The summed E-state index contributed by atoms with van der Waals surface area (Å²) >= 11 is 6.13. The highest BCUT2D eigenvalue weighted by Crippen LogP contribution is 2.48. The van der Waals surface area contributed by atoms with Crippen LogP contribution in [0.1, 0.15) is 57.1 Å². The lowest BCUT2D eigenvalue weighted by Gasteiger charge is -2.39. The molecule has 1 aromatic heterocycles. The van der Waals surface area contributed by atoms with Crippen molar-refractivity contribution in [1.82, 2.24) is 4.98 Å². The minimum atomic E-state index is 0. The Hall–Kier alpha value is -1.29. The van der Waals surface area contributed by atoms with Crippen LogP contribution in [-0.4, -0.2) is 23.7 Å². The Bertz CT molecular complexity index is 749. The monoisotopic (exact) mass is 420 g/mol. The molecule has 1 atom stereocenters. The van der Waals surface area contributed by atoms with Crippen LogP contribution in [0.2, 0.25) is 5.02 Å². The molecular formula is C23H30Cl2N2O. The van der Waals surface area contributed by atoms with Crippen LogP contribution in [0, 0.1) is 0 Å². The number of hydrogen-bond donors (Lipinski definition) is 1. The molecule has 1 saturated heterocycles. The maximum Gasteiger partial charge on any atom is 0.0691 e. The molecule has 2 fully saturated rings. The van der Waals surface area contributed by atoms with E-state index in [9.17, 15) is 0 Å². The summed E-state index contributed by atoms with van der Waals surface area (Å²) in [4.78, 5) is 4.81. The van der Waals surface area contributed by atoms with E-state index in [2.05, 4.69) is 23.5 Å². The minimum absolute atomic E-state index is 0. The SMILES string of the molecule is Cl.Clc1cccc(NCCC2(c3ccccn3)CCCOC3(CCCC3)C2)c1. The van der Waals surface area contributed by atoms with E-state index in [-0.39, 0.29) is 23.4 Å². The van der Waals surface area contributed by atoms with Crippen LogP contribution in [0.5, 0.6) is 0 Å². The van der Waals surface area contributed by atoms with Gasteiger partial charge in [-0.3, -0.25) is 4.98 Å². The third-order valence-corrected chi connectivity index (χ3v) is 6.58. The molecule has 2 aliphatic rings. The number of aromatic nitrogens is 1. The number of ether oxygens (including phenoxy) is 1. The predicted molar refractivity (Wildman–Crippen MR) is 119 cm³/mol. The first-order valence-electron chi connectivity index (χ1n) is 10.2. The van der Waals surface area contributed by atoms with Gasteiger partial charge in [0, 0.05) is 41.2 Å². The topological polar surface area (TPSA) is 34.2 Å². The fraction of sp³-hybridized carbons (Fsp3) is 0.522. The summed E-state index contributed by atoms with van der Waals surface area (Å²) in [6, 6.07) is 14.3. The Kier molecular flexibility index (Phi) is 7.25. The van der Waals surface area contributed by atoms with E-state index in [4.69, 9.17) is 21.3 Å². The number of benzene rings is 1. The highest BCUT2D eigenvalue weighted by atomic mass is 35.5. The van der Waals surface area contributed by atoms with Crippen LogP contribution in [0.3, 0.4) is 0 Å². The maximum absolute atomic E-state index is 6.44. The Morgan fingerprint density at radius 3 is 2.64 bits per heavy atom. The normalized spacial score (nSPS) is 23.8. The highest BCUT2D eigenvalue weighted by molar-refractivity contribution is 6.30. The summed E-state index contributed by atoms with van der Waals surface area (Å²) < 4.78 is 6.44. The van der Waals surface area contributed by atoms with Gasteiger partial charge in [-0.05, 0) is 68.9 Å². The van der Waals surface area contributed by atoms with Crippen molar-refractivity contribution in [2.75, 3.05) is 18.5 Å². The summed E-state index contributed by atoms with van der Waals surface area (Å²) in [5.74, 6) is 0. The van der Waals surface area contributed by atoms with E-state index in [1.807, 2.05) is 30.5 Å². The number of nitrogens with zero attached hydrogens (tertiary/aromatic N) is 1. The zero-order valence-electron chi connectivity index (χ0n) is 16.3. The summed E-state index contributed by atoms with van der Waals surface area (Å²) in [5, 5.41) is 4.34. The number of halogens is 2. The molecule has 4 rings (SSSR count). The summed E-state index contributed by atoms with van der Waals surface area (Å²) in [6.45, 7) is 1.79. The molecular weight excluding hydrogens is 391 g/mol. The van der Waals surface area contributed by atoms with Crippen molar-refractivity contribution in [3.63, 3.8) is 0 Å². The van der Waals surface area contributed by atoms with Crippen molar-refractivity contribution >= 4 is 29.7 Å². The molecule has 1 aliphatic carbocycles. The molecule has 1 aromatic carbocycles. The number of rotatable bonds is 5. The lowest BCUT2D eigenvalue weighted by molar-refractivity contribution is -0.0458. The maximum atomic E-state index is 6.44. The molecule has 1 unspecified atom stereocenters. The Morgan fingerprint density at radius 1 is 1.04 bits per heavy atom. The molecule has 0 amide bonds. The lowest BCUT2D eigenvalue weighted by Crippen LogP contribution is -2.39. The first-order valence-corrected chi connectivity index (χ1v) is 10.6. The van der Waals surface area contributed by atoms with E-state index in [1.165, 1.54) is 31.4 Å². The molecule has 2 aromatic rings. The number of anilines is 1. The van der Waals surface area contributed by atoms with E-state index >= 15 is 0 Å². The van der Waals surface area contributed by atoms with Gasteiger partial charge < -0.3 is 10.1 Å². The minimum Gasteiger partial charge on any atom is -0.385 e. The second-order valence-corrected chi connectivity index (χ2v) is 8.64. The van der Waals surface area contributed by atoms with Crippen LogP contribution in [0.25, 0.3) is 0 Å². The molecule has 1 N–H and O–H groups in total. The Balaban J connectivity index is 0.00000225. The van der Waals surface area contributed by atoms with Crippen molar-refractivity contribution in [2.45, 2.75) is 62.4 Å². The van der Waals surface area contributed by atoms with Gasteiger partial charge in [-0.15, -0.1) is 12.4 Å². The molecule has 3 nitrogen and oxygen atoms in total. The Labute approximate surface area is 179 Å². The first-order chi connectivity index (χ1) is 13.2. The third kappa shape index (κ3) is 4.82. The standard InChI is InChI=1S/C23H29ClN2O.ClH/c24-19-7-5-8-20(17-19)25-15-13-22(21-9-1-4-14-26-21)10-6-16-27-23(18-22)11-2-3-12-23;/h1,4-5,7-9,14,17,25H,2-3,6,10-13,15-16,18H2;1H. The average molecular weight is 421 g/mol. The summed E-state index contributed by atoms with van der Waals surface area (Å²) in [5.41, 5.74) is 2.45. The van der Waals surface area contributed by atoms with Crippen LogP contribution in [0.4, 0.5) is 5.69 Å². The summed E-state index contributed by atoms with van der Waals surface area (Å²) in [6.07, 6.45) is 11.3. The van der Waals surface area contributed by atoms with Crippen LogP contribution in [-0.2, 0) is 10.2 Å². The van der Waals surface area contributed by atoms with E-state index in [1.54, 1.807) is 0 Å². The van der Waals surface area contributed by atoms with Gasteiger partial charge in [0.05, 0.1) is 5.60 Å². The van der Waals surface area contributed by atoms with E-state index in [0.717, 1.165) is 49.5 Å². The van der Waals surface area contributed by atoms with Gasteiger partial charge in [-0.2, -0.15) is 0 Å². The molecule has 5 heteroatoms. The smallest absolute Gasteiger partial charge is 0.0691 e. The van der Waals surface area contributed by atoms with Gasteiger partial charge >= 0.3 is 0 Å². The molecule has 1 aliphatic heterocycles. The molecule has 1 saturated carbocycles. The quantitative estimate of drug-likeness (QED) is 0.606. The zero-order valence-corrected chi connectivity index (χ0v) is 17.9. The zero-order chi connectivity index (χ0) is 18.6. The van der Waals surface area contributed by atoms with E-state index < -0.39 is 0 Å². The van der Waals surface area contributed by atoms with Gasteiger partial charge in [0.25, 0.3) is 0 Å². The van der Waals surface area contributed by atoms with Gasteiger partial charge in [0.15, 0.2) is 0 Å². The van der Waals surface area contributed by atoms with Crippen LogP contribution in [0.15, 0.2) is 48.7 Å². The number of pyridine rings is 1. The van der Waals surface area contributed by atoms with Gasteiger partial charge in [0.2, 0.25) is 0 Å². The van der Waals surface area contributed by atoms with Crippen molar-refractivity contribution in [3.8, 4) is 0 Å². The molecule has 0 radical (unpaired) electrons. The van der Waals surface area contributed by atoms with Crippen LogP contribution >= 0.6 is 24.0 Å². The molecule has 152 valence electrons. The molecule has 0 bridgehead atoms. The van der Waals surface area contributed by atoms with Crippen molar-refractivity contribution in [3.05, 3.63) is 59.4 Å². The first kappa shape index (κ1) is 21.4. The van der Waals surface area contributed by atoms with Crippen LogP contribution < -0.4 is 5.32 Å². The Morgan fingerprint density at radius 2 is 1.89 bits per heavy atom. The van der Waals surface area contributed by atoms with Gasteiger partial charge in [0.1, 0.15) is 0 Å². The summed E-state index contributed by atoms with van der Waals surface area (Å²) in [7, 11) is 0. The highest BCUT2D eigenvalue weighted by Gasteiger charge is 2.46. The average Bonchev–Trinajstić information content (AvgIpc) is 3.05. The predicted octanol–water partition coefficient (Wildman–Crippen LogP) is 6.41. The third-order valence-electron chi connectivity index (χ3n) is 6.35.